The number of hydrogen-bond acceptors (Lipinski definition) is 4. The van der Waals surface area contributed by atoms with Crippen LogP contribution < -0.4 is 20.9 Å². The number of fused-ring (bicyclic) bond motifs is 1. The minimum atomic E-state index is -0.219. The molecule has 0 radical (unpaired) electrons. The van der Waals surface area contributed by atoms with Gasteiger partial charge in [0.15, 0.2) is 0 Å². The molecule has 1 aliphatic rings. The van der Waals surface area contributed by atoms with Crippen molar-refractivity contribution in [2.24, 2.45) is 0 Å². The number of carbonyl (C=O) groups is 3. The molecule has 1 heterocycles. The average Bonchev–Trinajstić information content (AvgIpc) is 3.09. The van der Waals surface area contributed by atoms with Gasteiger partial charge in [0.1, 0.15) is 0 Å². The molecular weight excluding hydrogens is 344 g/mol. The van der Waals surface area contributed by atoms with Crippen molar-refractivity contribution in [3.8, 4) is 0 Å². The Morgan fingerprint density at radius 1 is 1.11 bits per heavy atom. The molecule has 7 heteroatoms. The zero-order valence-corrected chi connectivity index (χ0v) is 15.3. The molecule has 0 saturated heterocycles. The van der Waals surface area contributed by atoms with E-state index < -0.39 is 0 Å². The van der Waals surface area contributed by atoms with Gasteiger partial charge in [0, 0.05) is 37.6 Å². The Labute approximate surface area is 157 Å². The van der Waals surface area contributed by atoms with Crippen molar-refractivity contribution in [3.05, 3.63) is 53.6 Å². The molecule has 0 aliphatic carbocycles. The molecule has 2 aromatic rings. The van der Waals surface area contributed by atoms with Crippen LogP contribution in [0.4, 0.5) is 17.1 Å². The van der Waals surface area contributed by atoms with E-state index >= 15 is 0 Å². The minimum absolute atomic E-state index is 0.0181. The van der Waals surface area contributed by atoms with Crippen LogP contribution in [-0.4, -0.2) is 37.9 Å². The second-order valence-corrected chi connectivity index (χ2v) is 6.29. The predicted octanol–water partition coefficient (Wildman–Crippen LogP) is 2.01. The van der Waals surface area contributed by atoms with E-state index in [-0.39, 0.29) is 24.3 Å². The highest BCUT2D eigenvalue weighted by Crippen LogP contribution is 2.30. The molecule has 0 bridgehead atoms. The highest BCUT2D eigenvalue weighted by atomic mass is 16.2. The Hall–Kier alpha value is -3.35. The highest BCUT2D eigenvalue weighted by molar-refractivity contribution is 6.01. The Balaban J connectivity index is 1.63. The second-order valence-electron chi connectivity index (χ2n) is 6.29. The standard InChI is InChI=1S/C20H22N4O3/c1-13(25)24-10-9-14-11-15(7-8-18(14)24)23-19(26)12-22-17-6-4-3-5-16(17)20(27)21-2/h3-8,11,22H,9-10,12H2,1-2H3,(H,21,27)(H,23,26). The number of para-hydroxylation sites is 1. The third-order valence-corrected chi connectivity index (χ3v) is 4.48. The Morgan fingerprint density at radius 2 is 1.89 bits per heavy atom. The van der Waals surface area contributed by atoms with E-state index in [2.05, 4.69) is 16.0 Å². The number of nitrogens with zero attached hydrogens (tertiary/aromatic N) is 1. The van der Waals surface area contributed by atoms with Crippen molar-refractivity contribution in [2.45, 2.75) is 13.3 Å². The van der Waals surface area contributed by atoms with Gasteiger partial charge in [-0.1, -0.05) is 12.1 Å². The third-order valence-electron chi connectivity index (χ3n) is 4.48. The fourth-order valence-electron chi connectivity index (χ4n) is 3.16. The van der Waals surface area contributed by atoms with Gasteiger partial charge in [-0.25, -0.2) is 0 Å². The largest absolute Gasteiger partial charge is 0.376 e. The summed E-state index contributed by atoms with van der Waals surface area (Å²) in [7, 11) is 1.56. The van der Waals surface area contributed by atoms with Crippen LogP contribution in [0.15, 0.2) is 42.5 Å². The maximum absolute atomic E-state index is 12.3. The predicted molar refractivity (Wildman–Crippen MR) is 105 cm³/mol. The van der Waals surface area contributed by atoms with Gasteiger partial charge in [0.2, 0.25) is 11.8 Å². The van der Waals surface area contributed by atoms with E-state index in [0.717, 1.165) is 17.7 Å². The van der Waals surface area contributed by atoms with E-state index in [1.807, 2.05) is 12.1 Å². The highest BCUT2D eigenvalue weighted by Gasteiger charge is 2.22. The monoisotopic (exact) mass is 366 g/mol. The third kappa shape index (κ3) is 4.08. The average molecular weight is 366 g/mol. The lowest BCUT2D eigenvalue weighted by molar-refractivity contribution is -0.116. The topological polar surface area (TPSA) is 90.5 Å². The summed E-state index contributed by atoms with van der Waals surface area (Å²) < 4.78 is 0. The summed E-state index contributed by atoms with van der Waals surface area (Å²) >= 11 is 0. The molecule has 0 aromatic heterocycles. The number of anilines is 3. The van der Waals surface area contributed by atoms with Crippen molar-refractivity contribution >= 4 is 34.8 Å². The van der Waals surface area contributed by atoms with Gasteiger partial charge in [0.25, 0.3) is 5.91 Å². The van der Waals surface area contributed by atoms with Gasteiger partial charge >= 0.3 is 0 Å². The number of rotatable bonds is 5. The molecule has 1 aliphatic heterocycles. The second kappa shape index (κ2) is 7.90. The summed E-state index contributed by atoms with van der Waals surface area (Å²) in [6.07, 6.45) is 0.774. The van der Waals surface area contributed by atoms with Crippen LogP contribution in [0.1, 0.15) is 22.8 Å². The van der Waals surface area contributed by atoms with Crippen LogP contribution in [0.3, 0.4) is 0 Å². The normalized spacial score (nSPS) is 12.3. The van der Waals surface area contributed by atoms with E-state index in [4.69, 9.17) is 0 Å². The maximum Gasteiger partial charge on any atom is 0.253 e. The minimum Gasteiger partial charge on any atom is -0.376 e. The molecule has 27 heavy (non-hydrogen) atoms. The zero-order chi connectivity index (χ0) is 19.4. The molecule has 0 unspecified atom stereocenters. The molecule has 7 nitrogen and oxygen atoms in total. The summed E-state index contributed by atoms with van der Waals surface area (Å²) in [6, 6.07) is 12.6. The summed E-state index contributed by atoms with van der Waals surface area (Å²) in [6.45, 7) is 2.25. The first-order valence-corrected chi connectivity index (χ1v) is 8.75. The van der Waals surface area contributed by atoms with Crippen LogP contribution in [0, 0.1) is 0 Å². The lowest BCUT2D eigenvalue weighted by Crippen LogP contribution is -2.25. The Morgan fingerprint density at radius 3 is 2.63 bits per heavy atom. The van der Waals surface area contributed by atoms with Crippen molar-refractivity contribution in [3.63, 3.8) is 0 Å². The van der Waals surface area contributed by atoms with Crippen LogP contribution in [0.25, 0.3) is 0 Å². The quantitative estimate of drug-likeness (QED) is 0.755. The molecule has 0 fully saturated rings. The molecular formula is C20H22N4O3. The number of nitrogens with one attached hydrogen (secondary N) is 3. The van der Waals surface area contributed by atoms with Gasteiger partial charge in [-0.05, 0) is 42.3 Å². The molecule has 3 amide bonds. The lowest BCUT2D eigenvalue weighted by atomic mass is 10.1. The van der Waals surface area contributed by atoms with E-state index in [1.54, 1.807) is 49.2 Å². The first-order valence-electron chi connectivity index (χ1n) is 8.75. The Bertz CT molecular complexity index is 895. The van der Waals surface area contributed by atoms with Crippen molar-refractivity contribution in [2.75, 3.05) is 35.7 Å². The maximum atomic E-state index is 12.3. The van der Waals surface area contributed by atoms with E-state index in [1.165, 1.54) is 0 Å². The summed E-state index contributed by atoms with van der Waals surface area (Å²) in [5.74, 6) is -0.417. The van der Waals surface area contributed by atoms with Gasteiger partial charge in [-0.3, -0.25) is 14.4 Å². The SMILES string of the molecule is CNC(=O)c1ccccc1NCC(=O)Nc1ccc2c(c1)CCN2C(C)=O. The number of hydrogen-bond donors (Lipinski definition) is 3. The van der Waals surface area contributed by atoms with Crippen LogP contribution >= 0.6 is 0 Å². The zero-order valence-electron chi connectivity index (χ0n) is 15.3. The fraction of sp³-hybridized carbons (Fsp3) is 0.250. The van der Waals surface area contributed by atoms with E-state index in [0.29, 0.717) is 23.5 Å². The molecule has 2 aromatic carbocycles. The summed E-state index contributed by atoms with van der Waals surface area (Å²) in [5.41, 5.74) is 3.71. The Kier molecular flexibility index (Phi) is 5.40. The van der Waals surface area contributed by atoms with Crippen molar-refractivity contribution in [1.29, 1.82) is 0 Å². The van der Waals surface area contributed by atoms with Crippen molar-refractivity contribution in [1.82, 2.24) is 5.32 Å². The molecule has 3 rings (SSSR count). The van der Waals surface area contributed by atoms with Gasteiger partial charge < -0.3 is 20.9 Å². The first kappa shape index (κ1) is 18.4. The molecule has 3 N–H and O–H groups in total. The van der Waals surface area contributed by atoms with Crippen LogP contribution in [-0.2, 0) is 16.0 Å². The molecule has 0 spiro atoms. The van der Waals surface area contributed by atoms with Crippen LogP contribution in [0.2, 0.25) is 0 Å². The van der Waals surface area contributed by atoms with Gasteiger partial charge in [0.05, 0.1) is 12.1 Å². The smallest absolute Gasteiger partial charge is 0.253 e. The first-order chi connectivity index (χ1) is 13.0. The van der Waals surface area contributed by atoms with E-state index in [9.17, 15) is 14.4 Å². The number of carbonyl (C=O) groups excluding carboxylic acids is 3. The van der Waals surface area contributed by atoms with Gasteiger partial charge in [-0.15, -0.1) is 0 Å². The fourth-order valence-corrected chi connectivity index (χ4v) is 3.16. The summed E-state index contributed by atoms with van der Waals surface area (Å²) in [5, 5.41) is 8.42. The summed E-state index contributed by atoms with van der Waals surface area (Å²) in [4.78, 5) is 37.5. The molecule has 140 valence electrons. The van der Waals surface area contributed by atoms with Crippen LogP contribution in [0.5, 0.6) is 0 Å². The van der Waals surface area contributed by atoms with Gasteiger partial charge in [-0.2, -0.15) is 0 Å². The molecule has 0 atom stereocenters. The lowest BCUT2D eigenvalue weighted by Gasteiger charge is -2.15. The number of amides is 3. The molecule has 0 saturated carbocycles. The van der Waals surface area contributed by atoms with Crippen molar-refractivity contribution < 1.29 is 14.4 Å². The number of benzene rings is 2.